The van der Waals surface area contributed by atoms with Crippen molar-refractivity contribution in [1.29, 1.82) is 0 Å². The number of benzene rings is 1. The van der Waals surface area contributed by atoms with Crippen LogP contribution in [0.25, 0.3) is 22.2 Å². The molecule has 212 valence electrons. The number of Topliss-reactive ketones (excluding diaryl/α,β-unsaturated/α-hetero) is 1. The van der Waals surface area contributed by atoms with E-state index < -0.39 is 0 Å². The molecule has 40 heavy (non-hydrogen) atoms. The number of pyridine rings is 1. The lowest BCUT2D eigenvalue weighted by Gasteiger charge is -2.30. The minimum Gasteiger partial charge on any atom is -0.480 e. The van der Waals surface area contributed by atoms with E-state index in [0.29, 0.717) is 43.1 Å². The number of carbonyl (C=O) groups excluding carboxylic acids is 2. The van der Waals surface area contributed by atoms with Gasteiger partial charge >= 0.3 is 0 Å². The molecular formula is C30H38N6O4. The summed E-state index contributed by atoms with van der Waals surface area (Å²) in [6.45, 7) is 3.61. The Balaban J connectivity index is 1.33. The summed E-state index contributed by atoms with van der Waals surface area (Å²) in [7, 11) is 1.60. The first kappa shape index (κ1) is 27.8. The number of oxime groups is 1. The third-order valence-electron chi connectivity index (χ3n) is 7.86. The maximum absolute atomic E-state index is 13.3. The van der Waals surface area contributed by atoms with Crippen LogP contribution in [0.4, 0.5) is 0 Å². The van der Waals surface area contributed by atoms with E-state index in [-0.39, 0.29) is 23.3 Å². The van der Waals surface area contributed by atoms with E-state index in [9.17, 15) is 9.59 Å². The highest BCUT2D eigenvalue weighted by atomic mass is 16.7. The third-order valence-corrected chi connectivity index (χ3v) is 7.86. The first-order valence-electron chi connectivity index (χ1n) is 14.3. The molecule has 2 aliphatic heterocycles. The van der Waals surface area contributed by atoms with Gasteiger partial charge in [0.25, 0.3) is 5.91 Å². The molecule has 10 heteroatoms. The van der Waals surface area contributed by atoms with E-state index >= 15 is 0 Å². The van der Waals surface area contributed by atoms with Crippen molar-refractivity contribution in [3.63, 3.8) is 0 Å². The Labute approximate surface area is 234 Å². The second-order valence-electron chi connectivity index (χ2n) is 10.7. The van der Waals surface area contributed by atoms with Gasteiger partial charge in [-0.1, -0.05) is 43.1 Å². The number of ether oxygens (including phenoxy) is 1. The molecule has 1 atom stereocenters. The number of carbonyl (C=O) groups is 2. The standard InChI is InChI=1S/C30H38N6O4/c1-3-21(37)10-5-4-6-12-24(34-28(38)25-18-30(40-36-25)13-15-31-16-14-30)27-32-19-26(33-27)22-17-20-9-7-8-11-23(20)35-29(22)39-2/h7-9,11,17,19,24,31H,3-6,10,12-16,18H2,1-2H3,(H,32,33)(H,34,38)/t24-/m0/s1. The molecule has 1 aromatic carbocycles. The number of unbranched alkanes of at least 4 members (excludes halogenated alkanes) is 2. The Bertz CT molecular complexity index is 1380. The predicted octanol–water partition coefficient (Wildman–Crippen LogP) is 4.62. The minimum atomic E-state index is -0.378. The maximum Gasteiger partial charge on any atom is 0.269 e. The van der Waals surface area contributed by atoms with Crippen molar-refractivity contribution in [2.45, 2.75) is 76.4 Å². The molecule has 0 aliphatic carbocycles. The molecule has 1 saturated heterocycles. The van der Waals surface area contributed by atoms with Gasteiger partial charge in [0.2, 0.25) is 5.88 Å². The molecule has 2 aliphatic rings. The first-order chi connectivity index (χ1) is 19.5. The van der Waals surface area contributed by atoms with Crippen molar-refractivity contribution in [2.75, 3.05) is 20.2 Å². The van der Waals surface area contributed by atoms with Crippen molar-refractivity contribution >= 4 is 28.3 Å². The molecule has 0 saturated carbocycles. The van der Waals surface area contributed by atoms with E-state index in [1.807, 2.05) is 37.3 Å². The van der Waals surface area contributed by atoms with Crippen LogP contribution in [0.1, 0.15) is 76.6 Å². The smallest absolute Gasteiger partial charge is 0.269 e. The van der Waals surface area contributed by atoms with E-state index in [1.165, 1.54) is 0 Å². The molecule has 0 unspecified atom stereocenters. The fourth-order valence-corrected chi connectivity index (χ4v) is 5.43. The van der Waals surface area contributed by atoms with Gasteiger partial charge in [0, 0.05) is 37.5 Å². The fourth-order valence-electron chi connectivity index (χ4n) is 5.43. The number of nitrogens with one attached hydrogen (secondary N) is 3. The zero-order valence-electron chi connectivity index (χ0n) is 23.3. The van der Waals surface area contributed by atoms with Gasteiger partial charge in [0.1, 0.15) is 22.9 Å². The molecular weight excluding hydrogens is 508 g/mol. The summed E-state index contributed by atoms with van der Waals surface area (Å²) >= 11 is 0. The second kappa shape index (κ2) is 12.6. The maximum atomic E-state index is 13.3. The summed E-state index contributed by atoms with van der Waals surface area (Å²) in [6.07, 6.45) is 8.35. The summed E-state index contributed by atoms with van der Waals surface area (Å²) in [5.74, 6) is 1.20. The number of nitrogens with zero attached hydrogens (tertiary/aromatic N) is 3. The summed E-state index contributed by atoms with van der Waals surface area (Å²) in [6, 6.07) is 9.55. The summed E-state index contributed by atoms with van der Waals surface area (Å²) in [4.78, 5) is 43.6. The molecule has 4 heterocycles. The van der Waals surface area contributed by atoms with E-state index in [4.69, 9.17) is 9.57 Å². The van der Waals surface area contributed by atoms with Gasteiger partial charge in [0.15, 0.2) is 0 Å². The first-order valence-corrected chi connectivity index (χ1v) is 14.3. The van der Waals surface area contributed by atoms with Crippen molar-refractivity contribution in [3.8, 4) is 17.1 Å². The SMILES string of the molecule is CCC(=O)CCCCC[C@H](NC(=O)C1=NOC2(CCNCC2)C1)c1ncc(-c2cc3ccccc3nc2OC)[nH]1. The van der Waals surface area contributed by atoms with Crippen LogP contribution in [0, 0.1) is 0 Å². The fraction of sp³-hybridized carbons (Fsp3) is 0.500. The molecule has 3 N–H and O–H groups in total. The van der Waals surface area contributed by atoms with Gasteiger partial charge in [-0.05, 0) is 38.1 Å². The largest absolute Gasteiger partial charge is 0.480 e. The number of ketones is 1. The topological polar surface area (TPSA) is 131 Å². The Morgan fingerprint density at radius 2 is 2.00 bits per heavy atom. The van der Waals surface area contributed by atoms with Crippen LogP contribution in [0.2, 0.25) is 0 Å². The number of amides is 1. The number of para-hydroxylation sites is 1. The van der Waals surface area contributed by atoms with Gasteiger partial charge in [-0.25, -0.2) is 9.97 Å². The molecule has 0 radical (unpaired) electrons. The Morgan fingerprint density at radius 3 is 2.80 bits per heavy atom. The second-order valence-corrected chi connectivity index (χ2v) is 10.7. The Hall–Kier alpha value is -3.79. The van der Waals surface area contributed by atoms with Crippen LogP contribution in [0.15, 0.2) is 41.7 Å². The Morgan fingerprint density at radius 1 is 1.18 bits per heavy atom. The van der Waals surface area contributed by atoms with Gasteiger partial charge in [-0.3, -0.25) is 9.59 Å². The van der Waals surface area contributed by atoms with Crippen molar-refractivity contribution in [2.24, 2.45) is 5.16 Å². The monoisotopic (exact) mass is 546 g/mol. The molecule has 10 nitrogen and oxygen atoms in total. The van der Waals surface area contributed by atoms with Crippen LogP contribution in [-0.2, 0) is 14.4 Å². The molecule has 0 bridgehead atoms. The number of imidazole rings is 1. The van der Waals surface area contributed by atoms with Crippen LogP contribution in [0.5, 0.6) is 5.88 Å². The molecule has 5 rings (SSSR count). The van der Waals surface area contributed by atoms with Crippen LogP contribution in [-0.4, -0.2) is 58.2 Å². The van der Waals surface area contributed by atoms with E-state index in [1.54, 1.807) is 13.3 Å². The van der Waals surface area contributed by atoms with Crippen molar-refractivity contribution < 1.29 is 19.2 Å². The molecule has 2 aromatic heterocycles. The third kappa shape index (κ3) is 6.33. The van der Waals surface area contributed by atoms with Crippen molar-refractivity contribution in [3.05, 3.63) is 42.4 Å². The lowest BCUT2D eigenvalue weighted by Crippen LogP contribution is -2.43. The number of hydrogen-bond acceptors (Lipinski definition) is 8. The zero-order chi connectivity index (χ0) is 28.0. The number of aromatic amines is 1. The van der Waals surface area contributed by atoms with Gasteiger partial charge in [-0.15, -0.1) is 0 Å². The zero-order valence-corrected chi connectivity index (χ0v) is 23.3. The molecule has 3 aromatic rings. The average Bonchev–Trinajstić information content (AvgIpc) is 3.64. The van der Waals surface area contributed by atoms with E-state index in [2.05, 4.69) is 30.7 Å². The Kier molecular flexibility index (Phi) is 8.74. The van der Waals surface area contributed by atoms with Gasteiger partial charge in [-0.2, -0.15) is 0 Å². The number of methoxy groups -OCH3 is 1. The average molecular weight is 547 g/mol. The number of aromatic nitrogens is 3. The lowest BCUT2D eigenvalue weighted by molar-refractivity contribution is -0.119. The van der Waals surface area contributed by atoms with Crippen LogP contribution < -0.4 is 15.4 Å². The van der Waals surface area contributed by atoms with Gasteiger partial charge < -0.3 is 25.2 Å². The van der Waals surface area contributed by atoms with Crippen molar-refractivity contribution in [1.82, 2.24) is 25.6 Å². The number of fused-ring (bicyclic) bond motifs is 1. The predicted molar refractivity (Wildman–Crippen MR) is 153 cm³/mol. The quantitative estimate of drug-likeness (QED) is 0.283. The minimum absolute atomic E-state index is 0.232. The van der Waals surface area contributed by atoms with Gasteiger partial charge in [0.05, 0.1) is 36.1 Å². The molecule has 1 spiro atoms. The number of piperidine rings is 1. The number of rotatable bonds is 12. The summed E-state index contributed by atoms with van der Waals surface area (Å²) in [5, 5.41) is 11.7. The highest BCUT2D eigenvalue weighted by Crippen LogP contribution is 2.34. The molecule has 1 amide bonds. The highest BCUT2D eigenvalue weighted by Gasteiger charge is 2.42. The van der Waals surface area contributed by atoms with Crippen LogP contribution in [0.3, 0.4) is 0 Å². The lowest BCUT2D eigenvalue weighted by atomic mass is 9.87. The summed E-state index contributed by atoms with van der Waals surface area (Å²) < 4.78 is 5.59. The van der Waals surface area contributed by atoms with Crippen LogP contribution >= 0.6 is 0 Å². The molecule has 1 fully saturated rings. The number of hydrogen-bond donors (Lipinski definition) is 3. The highest BCUT2D eigenvalue weighted by molar-refractivity contribution is 6.39. The van der Waals surface area contributed by atoms with E-state index in [0.717, 1.165) is 67.4 Å². The normalized spacial score (nSPS) is 16.9. The summed E-state index contributed by atoms with van der Waals surface area (Å²) in [5.41, 5.74) is 2.45. The number of H-pyrrole nitrogens is 1.